The number of nitrogens with zero attached hydrogens (tertiary/aromatic N) is 1. The third kappa shape index (κ3) is 3.95. The highest BCUT2D eigenvalue weighted by Crippen LogP contribution is 2.32. The lowest BCUT2D eigenvalue weighted by molar-refractivity contribution is -0.137. The molecule has 0 aromatic carbocycles. The average molecular weight is 286 g/mol. The van der Waals surface area contributed by atoms with Crippen LogP contribution in [0, 0.1) is 5.92 Å². The van der Waals surface area contributed by atoms with Crippen molar-refractivity contribution in [2.24, 2.45) is 5.92 Å². The minimum Gasteiger partial charge on any atom is -0.312 e. The van der Waals surface area contributed by atoms with Gasteiger partial charge in [-0.15, -0.1) is 0 Å². The summed E-state index contributed by atoms with van der Waals surface area (Å²) >= 11 is 0. The van der Waals surface area contributed by atoms with Gasteiger partial charge in [-0.25, -0.2) is 0 Å². The first-order valence-corrected chi connectivity index (χ1v) is 7.21. The van der Waals surface area contributed by atoms with E-state index >= 15 is 0 Å². The number of aromatic nitrogens is 1. The highest BCUT2D eigenvalue weighted by atomic mass is 19.4. The minimum atomic E-state index is -4.32. The van der Waals surface area contributed by atoms with Gasteiger partial charge in [-0.2, -0.15) is 13.2 Å². The highest BCUT2D eigenvalue weighted by molar-refractivity contribution is 5.19. The molecule has 0 bridgehead atoms. The van der Waals surface area contributed by atoms with Gasteiger partial charge in [0.2, 0.25) is 0 Å². The fraction of sp³-hybridized carbons (Fsp3) is 0.667. The Hall–Kier alpha value is -1.10. The molecule has 2 rings (SSSR count). The maximum absolute atomic E-state index is 12.5. The first-order chi connectivity index (χ1) is 9.50. The normalized spacial score (nSPS) is 19.0. The molecule has 2 nitrogen and oxygen atoms in total. The molecule has 1 aromatic heterocycles. The van der Waals surface area contributed by atoms with E-state index in [2.05, 4.69) is 10.3 Å². The van der Waals surface area contributed by atoms with Gasteiger partial charge in [-0.3, -0.25) is 4.98 Å². The third-order valence-electron chi connectivity index (χ3n) is 4.11. The van der Waals surface area contributed by atoms with E-state index in [0.717, 1.165) is 18.7 Å². The molecule has 1 unspecified atom stereocenters. The molecule has 0 radical (unpaired) electrons. The van der Waals surface area contributed by atoms with Crippen molar-refractivity contribution in [3.05, 3.63) is 29.6 Å². The van der Waals surface area contributed by atoms with Crippen LogP contribution in [0.1, 0.15) is 55.8 Å². The molecule has 112 valence electrons. The van der Waals surface area contributed by atoms with E-state index in [9.17, 15) is 13.2 Å². The Morgan fingerprint density at radius 3 is 2.45 bits per heavy atom. The summed E-state index contributed by atoms with van der Waals surface area (Å²) in [6.45, 7) is 0. The van der Waals surface area contributed by atoms with E-state index in [4.69, 9.17) is 0 Å². The monoisotopic (exact) mass is 286 g/mol. The van der Waals surface area contributed by atoms with Gasteiger partial charge in [-0.05, 0) is 31.5 Å². The first kappa shape index (κ1) is 15.3. The summed E-state index contributed by atoms with van der Waals surface area (Å²) in [5.41, 5.74) is 0.0137. The van der Waals surface area contributed by atoms with Gasteiger partial charge in [0.1, 0.15) is 0 Å². The molecule has 0 aliphatic heterocycles. The van der Waals surface area contributed by atoms with Crippen LogP contribution in [0.3, 0.4) is 0 Å². The molecule has 0 spiro atoms. The smallest absolute Gasteiger partial charge is 0.312 e. The number of alkyl halides is 3. The van der Waals surface area contributed by atoms with Crippen molar-refractivity contribution in [2.45, 2.75) is 50.7 Å². The molecule has 20 heavy (non-hydrogen) atoms. The Morgan fingerprint density at radius 1 is 1.25 bits per heavy atom. The molecule has 0 amide bonds. The summed E-state index contributed by atoms with van der Waals surface area (Å²) in [6.07, 6.45) is 3.85. The Kier molecular flexibility index (Phi) is 5.02. The Balaban J connectivity index is 2.03. The standard InChI is InChI=1S/C15H21F3N2/c1-19-14(9-11-5-3-2-4-6-11)13-8-7-12(10-20-13)15(16,17)18/h7-8,10-11,14,19H,2-6,9H2,1H3. The molecule has 1 fully saturated rings. The number of halogens is 3. The zero-order valence-electron chi connectivity index (χ0n) is 11.7. The summed E-state index contributed by atoms with van der Waals surface area (Å²) < 4.78 is 37.6. The zero-order valence-corrected chi connectivity index (χ0v) is 11.7. The summed E-state index contributed by atoms with van der Waals surface area (Å²) in [6, 6.07) is 2.65. The summed E-state index contributed by atoms with van der Waals surface area (Å²) in [5.74, 6) is 0.658. The van der Waals surface area contributed by atoms with Crippen LogP contribution in [-0.4, -0.2) is 12.0 Å². The van der Waals surface area contributed by atoms with Crippen LogP contribution in [0.4, 0.5) is 13.2 Å². The second kappa shape index (κ2) is 6.57. The van der Waals surface area contributed by atoms with Crippen LogP contribution in [-0.2, 0) is 6.18 Å². The Morgan fingerprint density at radius 2 is 1.95 bits per heavy atom. The molecular formula is C15H21F3N2. The molecule has 1 saturated carbocycles. The van der Waals surface area contributed by atoms with Crippen LogP contribution < -0.4 is 5.32 Å². The molecule has 1 aliphatic rings. The zero-order chi connectivity index (χ0) is 14.6. The lowest BCUT2D eigenvalue weighted by Gasteiger charge is -2.26. The third-order valence-corrected chi connectivity index (χ3v) is 4.11. The van der Waals surface area contributed by atoms with E-state index in [1.807, 2.05) is 7.05 Å². The number of pyridine rings is 1. The van der Waals surface area contributed by atoms with Gasteiger partial charge in [0.15, 0.2) is 0 Å². The van der Waals surface area contributed by atoms with Crippen molar-refractivity contribution in [1.82, 2.24) is 10.3 Å². The minimum absolute atomic E-state index is 0.0420. The van der Waals surface area contributed by atoms with Crippen molar-refractivity contribution in [2.75, 3.05) is 7.05 Å². The Bertz CT molecular complexity index is 408. The van der Waals surface area contributed by atoms with E-state index < -0.39 is 11.7 Å². The van der Waals surface area contributed by atoms with Crippen LogP contribution in [0.5, 0.6) is 0 Å². The maximum Gasteiger partial charge on any atom is 0.417 e. The second-order valence-corrected chi connectivity index (χ2v) is 5.55. The van der Waals surface area contributed by atoms with Gasteiger partial charge in [0.25, 0.3) is 0 Å². The SMILES string of the molecule is CNC(CC1CCCCC1)c1ccc(C(F)(F)F)cn1. The molecule has 1 aromatic rings. The number of hydrogen-bond acceptors (Lipinski definition) is 2. The van der Waals surface area contributed by atoms with Gasteiger partial charge in [0.05, 0.1) is 11.3 Å². The lowest BCUT2D eigenvalue weighted by atomic mass is 9.84. The van der Waals surface area contributed by atoms with Crippen molar-refractivity contribution >= 4 is 0 Å². The van der Waals surface area contributed by atoms with Crippen molar-refractivity contribution in [1.29, 1.82) is 0 Å². The molecule has 1 aliphatic carbocycles. The average Bonchev–Trinajstić information content (AvgIpc) is 2.45. The van der Waals surface area contributed by atoms with Gasteiger partial charge < -0.3 is 5.32 Å². The summed E-state index contributed by atoms with van der Waals surface area (Å²) in [5, 5.41) is 3.18. The van der Waals surface area contributed by atoms with Crippen molar-refractivity contribution < 1.29 is 13.2 Å². The summed E-state index contributed by atoms with van der Waals surface area (Å²) in [7, 11) is 1.84. The van der Waals surface area contributed by atoms with E-state index in [-0.39, 0.29) is 6.04 Å². The Labute approximate surface area is 117 Å². The van der Waals surface area contributed by atoms with Gasteiger partial charge >= 0.3 is 6.18 Å². The van der Waals surface area contributed by atoms with Crippen molar-refractivity contribution in [3.8, 4) is 0 Å². The topological polar surface area (TPSA) is 24.9 Å². The van der Waals surface area contributed by atoms with Crippen LogP contribution in [0.25, 0.3) is 0 Å². The predicted molar refractivity (Wildman–Crippen MR) is 72.2 cm³/mol. The van der Waals surface area contributed by atoms with Gasteiger partial charge in [0, 0.05) is 12.2 Å². The fourth-order valence-electron chi connectivity index (χ4n) is 2.92. The van der Waals surface area contributed by atoms with E-state index in [1.54, 1.807) is 0 Å². The molecule has 5 heteroatoms. The largest absolute Gasteiger partial charge is 0.417 e. The number of nitrogens with one attached hydrogen (secondary N) is 1. The lowest BCUT2D eigenvalue weighted by Crippen LogP contribution is -2.22. The highest BCUT2D eigenvalue weighted by Gasteiger charge is 2.31. The maximum atomic E-state index is 12.5. The molecule has 1 atom stereocenters. The molecule has 1 N–H and O–H groups in total. The molecular weight excluding hydrogens is 265 g/mol. The molecule has 1 heterocycles. The van der Waals surface area contributed by atoms with Crippen LogP contribution in [0.15, 0.2) is 18.3 Å². The second-order valence-electron chi connectivity index (χ2n) is 5.55. The molecule has 0 saturated heterocycles. The first-order valence-electron chi connectivity index (χ1n) is 7.21. The van der Waals surface area contributed by atoms with E-state index in [0.29, 0.717) is 11.6 Å². The quantitative estimate of drug-likeness (QED) is 0.891. The number of rotatable bonds is 4. The van der Waals surface area contributed by atoms with Crippen LogP contribution in [0.2, 0.25) is 0 Å². The van der Waals surface area contributed by atoms with Crippen LogP contribution >= 0.6 is 0 Å². The fourth-order valence-corrected chi connectivity index (χ4v) is 2.92. The van der Waals surface area contributed by atoms with Gasteiger partial charge in [-0.1, -0.05) is 32.1 Å². The van der Waals surface area contributed by atoms with Crippen molar-refractivity contribution in [3.63, 3.8) is 0 Å². The number of hydrogen-bond donors (Lipinski definition) is 1. The van der Waals surface area contributed by atoms with E-state index in [1.165, 1.54) is 38.2 Å². The summed E-state index contributed by atoms with van der Waals surface area (Å²) in [4.78, 5) is 4.00. The predicted octanol–water partition coefficient (Wildman–Crippen LogP) is 4.33.